The molecule has 0 saturated carbocycles. The maximum atomic E-state index is 13.6. The molecular formula is C31H43ClN2O6. The molecule has 2 aliphatic rings. The lowest BCUT2D eigenvalue weighted by Gasteiger charge is -2.35. The van der Waals surface area contributed by atoms with E-state index in [1.807, 2.05) is 31.2 Å². The average molecular weight is 575 g/mol. The molecule has 1 fully saturated rings. The molecule has 8 nitrogen and oxygen atoms in total. The van der Waals surface area contributed by atoms with E-state index in [-0.39, 0.29) is 25.6 Å². The molecule has 9 heteroatoms. The van der Waals surface area contributed by atoms with Crippen LogP contribution in [0.15, 0.2) is 52.9 Å². The zero-order chi connectivity index (χ0) is 28.6. The van der Waals surface area contributed by atoms with Crippen LogP contribution in [-0.4, -0.2) is 61.3 Å². The van der Waals surface area contributed by atoms with Crippen molar-refractivity contribution < 1.29 is 28.6 Å². The van der Waals surface area contributed by atoms with E-state index in [1.165, 1.54) is 12.5 Å². The summed E-state index contributed by atoms with van der Waals surface area (Å²) in [4.78, 5) is 41.7. The number of hydrogen-bond donors (Lipinski definition) is 1. The molecule has 1 aromatic rings. The highest BCUT2D eigenvalue weighted by Crippen LogP contribution is 2.41. The van der Waals surface area contributed by atoms with Crippen LogP contribution in [0.1, 0.15) is 77.8 Å². The quantitative estimate of drug-likeness (QED) is 0.241. The molecule has 0 bridgehead atoms. The molecular weight excluding hydrogens is 532 g/mol. The molecule has 1 aromatic carbocycles. The van der Waals surface area contributed by atoms with E-state index >= 15 is 0 Å². The maximum absolute atomic E-state index is 13.6. The maximum Gasteiger partial charge on any atom is 0.336 e. The Labute approximate surface area is 244 Å². The van der Waals surface area contributed by atoms with Gasteiger partial charge in [-0.05, 0) is 84.7 Å². The number of benzene rings is 1. The first-order chi connectivity index (χ1) is 18.6. The molecule has 1 N–H and O–H groups in total. The highest BCUT2D eigenvalue weighted by molar-refractivity contribution is 6.00. The molecule has 0 amide bonds. The van der Waals surface area contributed by atoms with Crippen LogP contribution in [0.3, 0.4) is 0 Å². The average Bonchev–Trinajstić information content (AvgIpc) is 2.87. The molecule has 0 aliphatic carbocycles. The van der Waals surface area contributed by atoms with E-state index in [1.54, 1.807) is 40.7 Å². The number of likely N-dealkylation sites (tertiary alicyclic amines) is 1. The van der Waals surface area contributed by atoms with Crippen molar-refractivity contribution >= 4 is 36.4 Å². The number of piperidine rings is 1. The smallest absolute Gasteiger partial charge is 0.336 e. The molecule has 0 spiro atoms. The predicted molar refractivity (Wildman–Crippen MR) is 158 cm³/mol. The lowest BCUT2D eigenvalue weighted by molar-refractivity contribution is -0.148. The third-order valence-electron chi connectivity index (χ3n) is 6.58. The van der Waals surface area contributed by atoms with Crippen LogP contribution in [0.25, 0.3) is 6.08 Å². The fraction of sp³-hybridized carbons (Fsp3) is 0.516. The summed E-state index contributed by atoms with van der Waals surface area (Å²) in [5.41, 5.74) is 2.83. The molecule has 2 aliphatic heterocycles. The minimum Gasteiger partial charge on any atom is -0.463 e. The third kappa shape index (κ3) is 8.70. The Balaban J connectivity index is 0.00000560. The van der Waals surface area contributed by atoms with Gasteiger partial charge < -0.3 is 19.5 Å². The van der Waals surface area contributed by atoms with Crippen molar-refractivity contribution in [2.75, 3.05) is 32.8 Å². The topological polar surface area (TPSA) is 94.2 Å². The number of carbonyl (C=O) groups is 3. The molecule has 1 unspecified atom stereocenters. The summed E-state index contributed by atoms with van der Waals surface area (Å²) in [6.07, 6.45) is 6.43. The summed E-state index contributed by atoms with van der Waals surface area (Å²) in [6, 6.07) is 7.42. The summed E-state index contributed by atoms with van der Waals surface area (Å²) in [6.45, 7) is 13.6. The predicted octanol–water partition coefficient (Wildman–Crippen LogP) is 5.29. The van der Waals surface area contributed by atoms with Gasteiger partial charge in [0.25, 0.3) is 0 Å². The second-order valence-electron chi connectivity index (χ2n) is 10.8. The van der Waals surface area contributed by atoms with Crippen molar-refractivity contribution in [2.45, 2.75) is 72.3 Å². The van der Waals surface area contributed by atoms with Gasteiger partial charge in [0.05, 0.1) is 30.3 Å². The number of allylic oxidation sites excluding steroid dienone is 1. The number of halogens is 1. The van der Waals surface area contributed by atoms with Gasteiger partial charge in [0.2, 0.25) is 0 Å². The number of carbonyl (C=O) groups excluding carboxylic acids is 3. The van der Waals surface area contributed by atoms with E-state index < -0.39 is 29.4 Å². The standard InChI is InChI=1S/C31H42N2O6.ClH/c1-7-37-29(35)26-21(3)32-24(20-33-18-12-9-13-19-33)28(30(36)38-8-2)27(26)23-15-11-10-14-22(23)16-17-25(34)39-31(4,5)6;/h10-11,14-17,27,32H,7-9,12-13,18-20H2,1-6H3;1H/b17-16+;. The zero-order valence-corrected chi connectivity index (χ0v) is 25.3. The number of hydrogen-bond acceptors (Lipinski definition) is 8. The first-order valence-electron chi connectivity index (χ1n) is 13.8. The van der Waals surface area contributed by atoms with Crippen LogP contribution in [0.5, 0.6) is 0 Å². The van der Waals surface area contributed by atoms with E-state index in [0.29, 0.717) is 34.5 Å². The van der Waals surface area contributed by atoms with Gasteiger partial charge in [0.1, 0.15) is 5.60 Å². The van der Waals surface area contributed by atoms with Crippen LogP contribution in [-0.2, 0) is 28.6 Å². The van der Waals surface area contributed by atoms with Crippen LogP contribution >= 0.6 is 12.4 Å². The fourth-order valence-corrected chi connectivity index (χ4v) is 5.02. The second-order valence-corrected chi connectivity index (χ2v) is 10.8. The van der Waals surface area contributed by atoms with Crippen LogP contribution < -0.4 is 5.32 Å². The van der Waals surface area contributed by atoms with Crippen molar-refractivity contribution in [1.82, 2.24) is 10.2 Å². The van der Waals surface area contributed by atoms with E-state index in [2.05, 4.69) is 10.2 Å². The van der Waals surface area contributed by atoms with Gasteiger partial charge in [0, 0.05) is 24.0 Å². The van der Waals surface area contributed by atoms with Crippen molar-refractivity contribution in [2.24, 2.45) is 0 Å². The van der Waals surface area contributed by atoms with E-state index in [4.69, 9.17) is 14.2 Å². The molecule has 1 atom stereocenters. The van der Waals surface area contributed by atoms with Crippen molar-refractivity contribution in [3.63, 3.8) is 0 Å². The van der Waals surface area contributed by atoms with Crippen molar-refractivity contribution in [1.29, 1.82) is 0 Å². The van der Waals surface area contributed by atoms with Gasteiger partial charge in [-0.25, -0.2) is 14.4 Å². The molecule has 0 aromatic heterocycles. The van der Waals surface area contributed by atoms with Crippen LogP contribution in [0.4, 0.5) is 0 Å². The molecule has 40 heavy (non-hydrogen) atoms. The second kappa shape index (κ2) is 15.1. The Morgan fingerprint density at radius 1 is 0.975 bits per heavy atom. The highest BCUT2D eigenvalue weighted by Gasteiger charge is 2.40. The SMILES string of the molecule is CCOC(=O)C1=C(C)NC(CN2CCCCC2)=C(C(=O)OCC)C1c1ccccc1/C=C/C(=O)OC(C)(C)C.Cl. The lowest BCUT2D eigenvalue weighted by atomic mass is 9.78. The van der Waals surface area contributed by atoms with Gasteiger partial charge in [-0.1, -0.05) is 30.7 Å². The molecule has 0 radical (unpaired) electrons. The highest BCUT2D eigenvalue weighted by atomic mass is 35.5. The minimum absolute atomic E-state index is 0. The van der Waals surface area contributed by atoms with Gasteiger partial charge in [-0.2, -0.15) is 0 Å². The number of rotatable bonds is 9. The summed E-state index contributed by atoms with van der Waals surface area (Å²) in [5, 5.41) is 3.36. The Kier molecular flexibility index (Phi) is 12.5. The monoisotopic (exact) mass is 574 g/mol. The van der Waals surface area contributed by atoms with Crippen molar-refractivity contribution in [3.8, 4) is 0 Å². The van der Waals surface area contributed by atoms with Crippen molar-refractivity contribution in [3.05, 3.63) is 64.0 Å². The fourth-order valence-electron chi connectivity index (χ4n) is 5.02. The number of esters is 3. The first-order valence-corrected chi connectivity index (χ1v) is 13.8. The third-order valence-corrected chi connectivity index (χ3v) is 6.58. The van der Waals surface area contributed by atoms with Crippen LogP contribution in [0, 0.1) is 0 Å². The Morgan fingerprint density at radius 2 is 1.57 bits per heavy atom. The van der Waals surface area contributed by atoms with E-state index in [0.717, 1.165) is 31.6 Å². The van der Waals surface area contributed by atoms with Gasteiger partial charge in [0.15, 0.2) is 0 Å². The number of nitrogens with one attached hydrogen (secondary N) is 1. The molecule has 2 heterocycles. The molecule has 1 saturated heterocycles. The minimum atomic E-state index is -0.747. The first kappa shape index (κ1) is 33.1. The molecule has 220 valence electrons. The summed E-state index contributed by atoms with van der Waals surface area (Å²) < 4.78 is 16.4. The van der Waals surface area contributed by atoms with E-state index in [9.17, 15) is 14.4 Å². The summed E-state index contributed by atoms with van der Waals surface area (Å²) >= 11 is 0. The number of nitrogens with zero attached hydrogens (tertiary/aromatic N) is 1. The number of dihydropyridines is 1. The number of ether oxygens (including phenoxy) is 3. The van der Waals surface area contributed by atoms with Gasteiger partial charge in [-0.3, -0.25) is 4.90 Å². The van der Waals surface area contributed by atoms with Gasteiger partial charge in [-0.15, -0.1) is 12.4 Å². The Morgan fingerprint density at radius 3 is 2.17 bits per heavy atom. The largest absolute Gasteiger partial charge is 0.463 e. The zero-order valence-electron chi connectivity index (χ0n) is 24.5. The van der Waals surface area contributed by atoms with Gasteiger partial charge >= 0.3 is 17.9 Å². The van der Waals surface area contributed by atoms with Crippen LogP contribution in [0.2, 0.25) is 0 Å². The summed E-state index contributed by atoms with van der Waals surface area (Å²) in [7, 11) is 0. The Hall–Kier alpha value is -3.10. The lowest BCUT2D eigenvalue weighted by Crippen LogP contribution is -2.40. The Bertz CT molecular complexity index is 1160. The molecule has 3 rings (SSSR count). The summed E-state index contributed by atoms with van der Waals surface area (Å²) in [5.74, 6) is -2.21. The normalized spacial score (nSPS) is 18.2.